The standard InChI is InChI=1S/C18H22F3N3O3/c1-10(2)11(3)22-14(25)9-24-15(26)17(4,23-16(24)27)12-7-5-6-8-13(12)18(19,20)21/h5-8,10-11H,9H2,1-4H3,(H,22,25)(H,23,27). The Morgan fingerprint density at radius 2 is 1.81 bits per heavy atom. The van der Waals surface area contributed by atoms with E-state index in [1.807, 2.05) is 13.8 Å². The van der Waals surface area contributed by atoms with E-state index < -0.39 is 41.7 Å². The summed E-state index contributed by atoms with van der Waals surface area (Å²) >= 11 is 0. The monoisotopic (exact) mass is 385 g/mol. The largest absolute Gasteiger partial charge is 0.416 e. The molecule has 2 unspecified atom stereocenters. The molecule has 27 heavy (non-hydrogen) atoms. The molecule has 1 aliphatic heterocycles. The number of rotatable bonds is 5. The second kappa shape index (κ2) is 7.21. The molecule has 1 aliphatic rings. The Labute approximate surface area is 155 Å². The first-order valence-electron chi connectivity index (χ1n) is 8.48. The molecule has 1 fully saturated rings. The molecule has 0 spiro atoms. The molecule has 4 amide bonds. The highest BCUT2D eigenvalue weighted by atomic mass is 19.4. The quantitative estimate of drug-likeness (QED) is 0.765. The van der Waals surface area contributed by atoms with Gasteiger partial charge in [-0.3, -0.25) is 14.5 Å². The van der Waals surface area contributed by atoms with Gasteiger partial charge in [-0.2, -0.15) is 13.2 Å². The molecule has 0 radical (unpaired) electrons. The van der Waals surface area contributed by atoms with Crippen LogP contribution in [0.4, 0.5) is 18.0 Å². The van der Waals surface area contributed by atoms with Crippen LogP contribution in [-0.4, -0.2) is 35.3 Å². The summed E-state index contributed by atoms with van der Waals surface area (Å²) in [4.78, 5) is 37.7. The van der Waals surface area contributed by atoms with E-state index in [0.717, 1.165) is 12.1 Å². The van der Waals surface area contributed by atoms with Crippen molar-refractivity contribution in [3.63, 3.8) is 0 Å². The van der Waals surface area contributed by atoms with Gasteiger partial charge in [-0.25, -0.2) is 4.79 Å². The maximum atomic E-state index is 13.3. The van der Waals surface area contributed by atoms with Crippen molar-refractivity contribution in [2.24, 2.45) is 5.92 Å². The molecular formula is C18H22F3N3O3. The second-order valence-corrected chi connectivity index (χ2v) is 7.09. The third-order valence-electron chi connectivity index (χ3n) is 4.74. The number of urea groups is 1. The predicted octanol–water partition coefficient (Wildman–Crippen LogP) is 2.63. The van der Waals surface area contributed by atoms with Crippen molar-refractivity contribution in [2.75, 3.05) is 6.54 Å². The molecule has 9 heteroatoms. The number of halogens is 3. The van der Waals surface area contributed by atoms with E-state index in [0.29, 0.717) is 4.90 Å². The van der Waals surface area contributed by atoms with E-state index in [-0.39, 0.29) is 17.5 Å². The molecule has 0 aliphatic carbocycles. The van der Waals surface area contributed by atoms with Crippen LogP contribution in [0.25, 0.3) is 0 Å². The Balaban J connectivity index is 2.29. The lowest BCUT2D eigenvalue weighted by Crippen LogP contribution is -2.46. The van der Waals surface area contributed by atoms with Gasteiger partial charge in [-0.05, 0) is 31.4 Å². The molecule has 6 nitrogen and oxygen atoms in total. The topological polar surface area (TPSA) is 78.5 Å². The maximum Gasteiger partial charge on any atom is 0.416 e. The van der Waals surface area contributed by atoms with Crippen LogP contribution in [0, 0.1) is 5.92 Å². The summed E-state index contributed by atoms with van der Waals surface area (Å²) in [5.41, 5.74) is -3.29. The Hall–Kier alpha value is -2.58. The Bertz CT molecular complexity index is 764. The number of alkyl halides is 3. The Morgan fingerprint density at radius 3 is 2.37 bits per heavy atom. The molecule has 2 N–H and O–H groups in total. The number of nitrogens with zero attached hydrogens (tertiary/aromatic N) is 1. The maximum absolute atomic E-state index is 13.3. The van der Waals surface area contributed by atoms with Crippen LogP contribution < -0.4 is 10.6 Å². The van der Waals surface area contributed by atoms with Crippen LogP contribution in [0.5, 0.6) is 0 Å². The zero-order valence-electron chi connectivity index (χ0n) is 15.5. The molecule has 148 valence electrons. The smallest absolute Gasteiger partial charge is 0.352 e. The number of carbonyl (C=O) groups excluding carboxylic acids is 3. The Kier molecular flexibility index (Phi) is 5.53. The van der Waals surface area contributed by atoms with E-state index in [4.69, 9.17) is 0 Å². The zero-order chi connectivity index (χ0) is 20.6. The first kappa shape index (κ1) is 20.7. The van der Waals surface area contributed by atoms with Crippen molar-refractivity contribution in [1.29, 1.82) is 0 Å². The minimum Gasteiger partial charge on any atom is -0.352 e. The average Bonchev–Trinajstić information content (AvgIpc) is 2.78. The van der Waals surface area contributed by atoms with Crippen molar-refractivity contribution in [3.8, 4) is 0 Å². The number of amides is 4. The summed E-state index contributed by atoms with van der Waals surface area (Å²) in [6.07, 6.45) is -4.69. The highest BCUT2D eigenvalue weighted by Crippen LogP contribution is 2.39. The SMILES string of the molecule is CC(C)C(C)NC(=O)CN1C(=O)NC(C)(c2ccccc2C(F)(F)F)C1=O. The molecule has 1 saturated heterocycles. The minimum absolute atomic E-state index is 0.140. The van der Waals surface area contributed by atoms with Crippen molar-refractivity contribution in [2.45, 2.75) is 45.5 Å². The zero-order valence-corrected chi connectivity index (χ0v) is 15.5. The fourth-order valence-corrected chi connectivity index (χ4v) is 2.80. The lowest BCUT2D eigenvalue weighted by molar-refractivity contribution is -0.140. The number of imide groups is 1. The van der Waals surface area contributed by atoms with Crippen LogP contribution in [0.3, 0.4) is 0 Å². The third-order valence-corrected chi connectivity index (χ3v) is 4.74. The number of benzene rings is 1. The lowest BCUT2D eigenvalue weighted by Gasteiger charge is -2.26. The van der Waals surface area contributed by atoms with Gasteiger partial charge >= 0.3 is 12.2 Å². The molecule has 1 aromatic carbocycles. The minimum atomic E-state index is -4.69. The van der Waals surface area contributed by atoms with E-state index in [1.54, 1.807) is 6.92 Å². The van der Waals surface area contributed by atoms with Crippen LogP contribution >= 0.6 is 0 Å². The van der Waals surface area contributed by atoms with Gasteiger partial charge in [0, 0.05) is 6.04 Å². The van der Waals surface area contributed by atoms with Crippen LogP contribution in [0.2, 0.25) is 0 Å². The summed E-state index contributed by atoms with van der Waals surface area (Å²) in [7, 11) is 0. The van der Waals surface area contributed by atoms with Gasteiger partial charge < -0.3 is 10.6 Å². The predicted molar refractivity (Wildman–Crippen MR) is 91.5 cm³/mol. The molecule has 2 rings (SSSR count). The fourth-order valence-electron chi connectivity index (χ4n) is 2.80. The molecular weight excluding hydrogens is 363 g/mol. The number of hydrogen-bond acceptors (Lipinski definition) is 3. The highest BCUT2D eigenvalue weighted by Gasteiger charge is 2.52. The van der Waals surface area contributed by atoms with Gasteiger partial charge in [-0.1, -0.05) is 32.0 Å². The van der Waals surface area contributed by atoms with E-state index in [9.17, 15) is 27.6 Å². The number of hydrogen-bond donors (Lipinski definition) is 2. The van der Waals surface area contributed by atoms with Crippen molar-refractivity contribution in [1.82, 2.24) is 15.5 Å². The van der Waals surface area contributed by atoms with E-state index in [2.05, 4.69) is 10.6 Å². The first-order chi connectivity index (χ1) is 12.4. The van der Waals surface area contributed by atoms with Crippen LogP contribution in [-0.2, 0) is 21.3 Å². The van der Waals surface area contributed by atoms with Gasteiger partial charge in [0.25, 0.3) is 5.91 Å². The average molecular weight is 385 g/mol. The summed E-state index contributed by atoms with van der Waals surface area (Å²) in [5, 5.41) is 4.96. The van der Waals surface area contributed by atoms with Gasteiger partial charge in [0.15, 0.2) is 0 Å². The summed E-state index contributed by atoms with van der Waals surface area (Å²) in [6, 6.07) is 3.46. The molecule has 1 aromatic rings. The lowest BCUT2D eigenvalue weighted by atomic mass is 9.87. The fraction of sp³-hybridized carbons (Fsp3) is 0.500. The normalized spacial score (nSPS) is 21.4. The summed E-state index contributed by atoms with van der Waals surface area (Å²) < 4.78 is 40.0. The van der Waals surface area contributed by atoms with E-state index >= 15 is 0 Å². The second-order valence-electron chi connectivity index (χ2n) is 7.09. The van der Waals surface area contributed by atoms with Crippen molar-refractivity contribution in [3.05, 3.63) is 35.4 Å². The summed E-state index contributed by atoms with van der Waals surface area (Å²) in [6.45, 7) is 6.20. The molecule has 1 heterocycles. The van der Waals surface area contributed by atoms with Gasteiger partial charge in [0.05, 0.1) is 5.56 Å². The van der Waals surface area contributed by atoms with Gasteiger partial charge in [0.1, 0.15) is 12.1 Å². The molecule has 0 saturated carbocycles. The van der Waals surface area contributed by atoms with Crippen LogP contribution in [0.1, 0.15) is 38.8 Å². The van der Waals surface area contributed by atoms with Gasteiger partial charge in [-0.15, -0.1) is 0 Å². The summed E-state index contributed by atoms with van der Waals surface area (Å²) in [5.74, 6) is -1.33. The first-order valence-corrected chi connectivity index (χ1v) is 8.48. The van der Waals surface area contributed by atoms with Gasteiger partial charge in [0.2, 0.25) is 5.91 Å². The van der Waals surface area contributed by atoms with Crippen LogP contribution in [0.15, 0.2) is 24.3 Å². The highest BCUT2D eigenvalue weighted by molar-refractivity contribution is 6.09. The van der Waals surface area contributed by atoms with E-state index in [1.165, 1.54) is 19.1 Å². The third kappa shape index (κ3) is 4.06. The molecule has 2 atom stereocenters. The number of carbonyl (C=O) groups is 3. The van der Waals surface area contributed by atoms with Crippen molar-refractivity contribution < 1.29 is 27.6 Å². The molecule has 0 aromatic heterocycles. The number of nitrogens with one attached hydrogen (secondary N) is 2. The van der Waals surface area contributed by atoms with Crippen molar-refractivity contribution >= 4 is 17.8 Å². The molecule has 0 bridgehead atoms. The Morgan fingerprint density at radius 1 is 1.22 bits per heavy atom.